The Kier molecular flexibility index (Phi) is 6.64. The van der Waals surface area contributed by atoms with Crippen molar-refractivity contribution in [3.8, 4) is 0 Å². The molecule has 4 heterocycles. The Labute approximate surface area is 234 Å². The molecular formula is C31H26ClN3O5. The van der Waals surface area contributed by atoms with E-state index in [1.807, 2.05) is 25.1 Å². The van der Waals surface area contributed by atoms with Crippen LogP contribution in [0, 0.1) is 12.8 Å². The van der Waals surface area contributed by atoms with Crippen molar-refractivity contribution < 1.29 is 14.0 Å². The van der Waals surface area contributed by atoms with Gasteiger partial charge in [-0.15, -0.1) is 0 Å². The Bertz CT molecular complexity index is 1820. The van der Waals surface area contributed by atoms with E-state index in [4.69, 9.17) is 16.0 Å². The fourth-order valence-electron chi connectivity index (χ4n) is 5.77. The summed E-state index contributed by atoms with van der Waals surface area (Å²) in [5.74, 6) is -0.781. The third-order valence-corrected chi connectivity index (χ3v) is 7.93. The second-order valence-electron chi connectivity index (χ2n) is 10.4. The van der Waals surface area contributed by atoms with Gasteiger partial charge in [0.25, 0.3) is 17.4 Å². The maximum absolute atomic E-state index is 14.0. The summed E-state index contributed by atoms with van der Waals surface area (Å²) >= 11 is 6.11. The molecule has 2 aromatic heterocycles. The van der Waals surface area contributed by atoms with E-state index in [-0.39, 0.29) is 39.5 Å². The van der Waals surface area contributed by atoms with Gasteiger partial charge in [-0.3, -0.25) is 19.2 Å². The van der Waals surface area contributed by atoms with Crippen LogP contribution in [-0.4, -0.2) is 34.4 Å². The first kappa shape index (κ1) is 25.8. The Morgan fingerprint density at radius 1 is 1.02 bits per heavy atom. The van der Waals surface area contributed by atoms with E-state index < -0.39 is 11.8 Å². The quantitative estimate of drug-likeness (QED) is 0.378. The SMILES string of the molecule is Cc1ccccc1C(=O)N/C(=C\c1coc2ccc(Cl)cc2c1=O)C(=O)N1C[C@@H]2C[C@@H](C1)c1cccc(=O)n1C2. The van der Waals surface area contributed by atoms with Crippen LogP contribution in [0.2, 0.25) is 5.02 Å². The summed E-state index contributed by atoms with van der Waals surface area (Å²) in [4.78, 5) is 54.8. The van der Waals surface area contributed by atoms with Crippen LogP contribution >= 0.6 is 11.6 Å². The predicted molar refractivity (Wildman–Crippen MR) is 152 cm³/mol. The van der Waals surface area contributed by atoms with Crippen molar-refractivity contribution >= 4 is 40.5 Å². The lowest BCUT2D eigenvalue weighted by molar-refractivity contribution is -0.130. The van der Waals surface area contributed by atoms with Gasteiger partial charge >= 0.3 is 0 Å². The maximum atomic E-state index is 14.0. The van der Waals surface area contributed by atoms with Gasteiger partial charge in [0, 0.05) is 47.9 Å². The van der Waals surface area contributed by atoms with Gasteiger partial charge in [-0.05, 0) is 61.2 Å². The second-order valence-corrected chi connectivity index (χ2v) is 10.8. The number of carbonyl (C=O) groups excluding carboxylic acids is 2. The molecule has 8 nitrogen and oxygen atoms in total. The van der Waals surface area contributed by atoms with Gasteiger partial charge in [-0.25, -0.2) is 0 Å². The number of hydrogen-bond donors (Lipinski definition) is 1. The van der Waals surface area contributed by atoms with E-state index in [1.165, 1.54) is 18.4 Å². The summed E-state index contributed by atoms with van der Waals surface area (Å²) in [6.45, 7) is 3.15. The smallest absolute Gasteiger partial charge is 0.270 e. The monoisotopic (exact) mass is 555 g/mol. The number of benzene rings is 2. The summed E-state index contributed by atoms with van der Waals surface area (Å²) in [6, 6.07) is 17.0. The number of carbonyl (C=O) groups is 2. The number of nitrogens with one attached hydrogen (secondary N) is 1. The van der Waals surface area contributed by atoms with Crippen LogP contribution in [0.1, 0.15) is 39.5 Å². The zero-order chi connectivity index (χ0) is 28.0. The molecule has 2 aliphatic heterocycles. The van der Waals surface area contributed by atoms with Crippen LogP contribution in [0.3, 0.4) is 0 Å². The molecule has 2 aromatic carbocycles. The summed E-state index contributed by atoms with van der Waals surface area (Å²) in [5, 5.41) is 3.42. The largest absolute Gasteiger partial charge is 0.463 e. The fourth-order valence-corrected chi connectivity index (χ4v) is 5.95. The summed E-state index contributed by atoms with van der Waals surface area (Å²) < 4.78 is 7.45. The number of likely N-dealkylation sites (tertiary alicyclic amines) is 1. The first-order valence-electron chi connectivity index (χ1n) is 13.1. The zero-order valence-corrected chi connectivity index (χ0v) is 22.5. The van der Waals surface area contributed by atoms with Gasteiger partial charge in [0.05, 0.1) is 10.9 Å². The maximum Gasteiger partial charge on any atom is 0.270 e. The number of aryl methyl sites for hydroxylation is 1. The molecule has 0 radical (unpaired) electrons. The summed E-state index contributed by atoms with van der Waals surface area (Å²) in [6.07, 6.45) is 3.52. The number of rotatable bonds is 4. The number of aromatic nitrogens is 1. The van der Waals surface area contributed by atoms with Crippen molar-refractivity contribution in [1.82, 2.24) is 14.8 Å². The molecule has 2 bridgehead atoms. The van der Waals surface area contributed by atoms with Crippen LogP contribution in [0.4, 0.5) is 0 Å². The Morgan fingerprint density at radius 3 is 2.67 bits per heavy atom. The average Bonchev–Trinajstić information content (AvgIpc) is 2.94. The lowest BCUT2D eigenvalue weighted by Gasteiger charge is -2.43. The zero-order valence-electron chi connectivity index (χ0n) is 21.7. The van der Waals surface area contributed by atoms with Crippen LogP contribution in [0.15, 0.2) is 86.6 Å². The minimum atomic E-state index is -0.458. The topological polar surface area (TPSA) is 102 Å². The molecule has 9 heteroatoms. The molecule has 0 saturated carbocycles. The molecule has 0 aliphatic carbocycles. The van der Waals surface area contributed by atoms with Crippen LogP contribution in [-0.2, 0) is 11.3 Å². The highest BCUT2D eigenvalue weighted by molar-refractivity contribution is 6.31. The molecule has 0 unspecified atom stereocenters. The highest BCUT2D eigenvalue weighted by atomic mass is 35.5. The molecule has 0 spiro atoms. The number of amides is 2. The van der Waals surface area contributed by atoms with Crippen LogP contribution < -0.4 is 16.3 Å². The van der Waals surface area contributed by atoms with Gasteiger partial charge < -0.3 is 19.2 Å². The lowest BCUT2D eigenvalue weighted by Crippen LogP contribution is -2.50. The number of pyridine rings is 1. The predicted octanol–water partition coefficient (Wildman–Crippen LogP) is 4.33. The van der Waals surface area contributed by atoms with Gasteiger partial charge in [0.1, 0.15) is 17.5 Å². The third-order valence-electron chi connectivity index (χ3n) is 7.70. The number of fused-ring (bicyclic) bond motifs is 5. The highest BCUT2D eigenvalue weighted by Crippen LogP contribution is 2.35. The first-order valence-corrected chi connectivity index (χ1v) is 13.4. The van der Waals surface area contributed by atoms with E-state index >= 15 is 0 Å². The normalized spacial score (nSPS) is 18.4. The molecule has 2 amide bonds. The standard InChI is InChI=1S/C31H26ClN3O5/c1-18-5-2-3-6-23(18)30(38)33-25(12-21-17-40-27-10-9-22(32)13-24(27)29(21)37)31(39)34-14-19-11-20(16-34)26-7-4-8-28(36)35(26)15-19/h2-10,12-13,17,19-20H,11,14-16H2,1H3,(H,33,38)/b25-12-/t19-,20-/m0/s1. The van der Waals surface area contributed by atoms with Crippen molar-refractivity contribution in [2.24, 2.45) is 5.92 Å². The van der Waals surface area contributed by atoms with Crippen molar-refractivity contribution in [3.05, 3.63) is 121 Å². The number of piperidine rings is 1. The van der Waals surface area contributed by atoms with Crippen molar-refractivity contribution in [1.29, 1.82) is 0 Å². The van der Waals surface area contributed by atoms with Gasteiger partial charge in [-0.2, -0.15) is 0 Å². The molecule has 40 heavy (non-hydrogen) atoms. The van der Waals surface area contributed by atoms with E-state index in [0.717, 1.165) is 17.7 Å². The van der Waals surface area contributed by atoms with Gasteiger partial charge in [0.15, 0.2) is 5.43 Å². The van der Waals surface area contributed by atoms with E-state index in [1.54, 1.807) is 45.9 Å². The van der Waals surface area contributed by atoms with E-state index in [9.17, 15) is 19.2 Å². The highest BCUT2D eigenvalue weighted by Gasteiger charge is 2.37. The lowest BCUT2D eigenvalue weighted by atomic mass is 9.83. The Balaban J connectivity index is 1.39. The minimum Gasteiger partial charge on any atom is -0.463 e. The molecule has 2 atom stereocenters. The molecule has 1 N–H and O–H groups in total. The second kappa shape index (κ2) is 10.3. The van der Waals surface area contributed by atoms with Gasteiger partial charge in [-0.1, -0.05) is 35.9 Å². The number of nitrogens with zero attached hydrogens (tertiary/aromatic N) is 2. The molecule has 202 valence electrons. The fraction of sp³-hybridized carbons (Fsp3) is 0.226. The van der Waals surface area contributed by atoms with Crippen molar-refractivity contribution in [2.45, 2.75) is 25.8 Å². The Morgan fingerprint density at radius 2 is 1.85 bits per heavy atom. The first-order chi connectivity index (χ1) is 19.3. The molecule has 1 fully saturated rings. The van der Waals surface area contributed by atoms with E-state index in [2.05, 4.69) is 5.32 Å². The molecular weight excluding hydrogens is 530 g/mol. The average molecular weight is 556 g/mol. The summed E-state index contributed by atoms with van der Waals surface area (Å²) in [7, 11) is 0. The molecule has 4 aromatic rings. The molecule has 6 rings (SSSR count). The van der Waals surface area contributed by atoms with Crippen LogP contribution in [0.25, 0.3) is 17.0 Å². The van der Waals surface area contributed by atoms with Crippen molar-refractivity contribution in [2.75, 3.05) is 13.1 Å². The Hall–Kier alpha value is -4.43. The summed E-state index contributed by atoms with van der Waals surface area (Å²) in [5.41, 5.74) is 2.10. The van der Waals surface area contributed by atoms with Gasteiger partial charge in [0.2, 0.25) is 0 Å². The number of hydrogen-bond acceptors (Lipinski definition) is 5. The molecule has 1 saturated heterocycles. The number of halogens is 1. The third kappa shape index (κ3) is 4.75. The van der Waals surface area contributed by atoms with E-state index in [0.29, 0.717) is 35.8 Å². The van der Waals surface area contributed by atoms with Crippen LogP contribution in [0.5, 0.6) is 0 Å². The van der Waals surface area contributed by atoms with Crippen molar-refractivity contribution in [3.63, 3.8) is 0 Å². The molecule has 2 aliphatic rings. The minimum absolute atomic E-state index is 0.00782.